The molecule has 3 heterocycles. The van der Waals surface area contributed by atoms with Gasteiger partial charge in [-0.1, -0.05) is 10.2 Å². The summed E-state index contributed by atoms with van der Waals surface area (Å²) < 4.78 is 17.9. The highest BCUT2D eigenvalue weighted by atomic mass is 16.8. The van der Waals surface area contributed by atoms with Crippen molar-refractivity contribution in [2.75, 3.05) is 6.54 Å². The zero-order valence-corrected chi connectivity index (χ0v) is 11.3. The van der Waals surface area contributed by atoms with Crippen LogP contribution in [0.15, 0.2) is 10.2 Å². The van der Waals surface area contributed by atoms with E-state index in [9.17, 15) is 0 Å². The van der Waals surface area contributed by atoms with Gasteiger partial charge in [-0.15, -0.1) is 0 Å². The Morgan fingerprint density at radius 2 is 2.00 bits per heavy atom. The molecular formula is C11H16N6O3. The van der Waals surface area contributed by atoms with Gasteiger partial charge in [0.2, 0.25) is 0 Å². The van der Waals surface area contributed by atoms with Crippen LogP contribution in [-0.2, 0) is 14.2 Å². The maximum Gasteiger partial charge on any atom is 0.163 e. The number of hydrogen-bond donors (Lipinski definition) is 0. The summed E-state index contributed by atoms with van der Waals surface area (Å²) >= 11 is 0. The number of ether oxygens (including phenoxy) is 3. The first kappa shape index (κ1) is 13.5. The topological polar surface area (TPSA) is 125 Å². The molecule has 2 bridgehead atoms. The van der Waals surface area contributed by atoms with E-state index >= 15 is 0 Å². The van der Waals surface area contributed by atoms with E-state index in [1.807, 2.05) is 13.8 Å². The lowest BCUT2D eigenvalue weighted by atomic mass is 9.88. The summed E-state index contributed by atoms with van der Waals surface area (Å²) in [6, 6.07) is -0.409. The smallest absolute Gasteiger partial charge is 0.163 e. The molecule has 0 aromatic carbocycles. The van der Waals surface area contributed by atoms with Crippen LogP contribution in [-0.4, -0.2) is 42.3 Å². The zero-order chi connectivity index (χ0) is 14.4. The third-order valence-electron chi connectivity index (χ3n) is 4.19. The highest BCUT2D eigenvalue weighted by Gasteiger charge is 2.64. The second kappa shape index (κ2) is 4.51. The summed E-state index contributed by atoms with van der Waals surface area (Å²) in [5.74, 6) is -0.768. The Morgan fingerprint density at radius 3 is 2.70 bits per heavy atom. The van der Waals surface area contributed by atoms with Gasteiger partial charge in [-0.05, 0) is 37.8 Å². The summed E-state index contributed by atoms with van der Waals surface area (Å²) in [6.45, 7) is 3.82. The van der Waals surface area contributed by atoms with Crippen molar-refractivity contribution in [3.05, 3.63) is 20.9 Å². The first-order valence-corrected chi connectivity index (χ1v) is 6.60. The molecule has 9 nitrogen and oxygen atoms in total. The fourth-order valence-electron chi connectivity index (χ4n) is 3.47. The number of hydrogen-bond acceptors (Lipinski definition) is 5. The molecule has 0 radical (unpaired) electrons. The van der Waals surface area contributed by atoms with Gasteiger partial charge in [-0.25, -0.2) is 0 Å². The third-order valence-corrected chi connectivity index (χ3v) is 4.19. The minimum Gasteiger partial charge on any atom is -0.368 e. The van der Waals surface area contributed by atoms with Crippen LogP contribution in [0.4, 0.5) is 0 Å². The highest BCUT2D eigenvalue weighted by Crippen LogP contribution is 2.50. The molecule has 0 amide bonds. The van der Waals surface area contributed by atoms with Crippen molar-refractivity contribution in [1.82, 2.24) is 0 Å². The molecule has 5 atom stereocenters. The lowest BCUT2D eigenvalue weighted by Gasteiger charge is -2.42. The van der Waals surface area contributed by atoms with E-state index in [0.717, 1.165) is 6.42 Å². The van der Waals surface area contributed by atoms with Crippen molar-refractivity contribution >= 4 is 0 Å². The van der Waals surface area contributed by atoms with Gasteiger partial charge in [0.25, 0.3) is 0 Å². The molecule has 3 saturated heterocycles. The maximum absolute atomic E-state index is 8.74. The number of rotatable bonds is 3. The van der Waals surface area contributed by atoms with E-state index in [4.69, 9.17) is 25.3 Å². The van der Waals surface area contributed by atoms with E-state index in [1.54, 1.807) is 0 Å². The van der Waals surface area contributed by atoms with Crippen molar-refractivity contribution < 1.29 is 14.2 Å². The Labute approximate surface area is 115 Å². The maximum atomic E-state index is 8.74. The lowest BCUT2D eigenvalue weighted by molar-refractivity contribution is -0.179. The van der Waals surface area contributed by atoms with Crippen LogP contribution in [0.3, 0.4) is 0 Å². The molecule has 0 saturated carbocycles. The zero-order valence-electron chi connectivity index (χ0n) is 11.3. The fourth-order valence-corrected chi connectivity index (χ4v) is 3.47. The van der Waals surface area contributed by atoms with Gasteiger partial charge in [0, 0.05) is 9.82 Å². The van der Waals surface area contributed by atoms with Crippen LogP contribution < -0.4 is 0 Å². The van der Waals surface area contributed by atoms with Crippen molar-refractivity contribution in [3.8, 4) is 0 Å². The van der Waals surface area contributed by atoms with E-state index in [2.05, 4.69) is 20.1 Å². The highest BCUT2D eigenvalue weighted by molar-refractivity contribution is 5.13. The van der Waals surface area contributed by atoms with Gasteiger partial charge in [0.05, 0.1) is 18.7 Å². The molecular weight excluding hydrogens is 264 g/mol. The van der Waals surface area contributed by atoms with E-state index < -0.39 is 23.5 Å². The quantitative estimate of drug-likeness (QED) is 0.447. The largest absolute Gasteiger partial charge is 0.368 e. The first-order valence-electron chi connectivity index (χ1n) is 6.60. The standard InChI is InChI=1S/C11H16N6O3/c1-10(2)19-8-7(15-17-13)6-3-4-11(18-6,5-14-16-12)9(8)20-10/h6-9H,3-5H2,1-2H3/t6?,7-,8?,9+,11+/m0/s1. The molecule has 0 N–H and O–H groups in total. The van der Waals surface area contributed by atoms with Gasteiger partial charge in [-0.2, -0.15) is 0 Å². The van der Waals surface area contributed by atoms with Crippen molar-refractivity contribution in [3.63, 3.8) is 0 Å². The van der Waals surface area contributed by atoms with Crippen LogP contribution in [0.1, 0.15) is 26.7 Å². The van der Waals surface area contributed by atoms with Crippen molar-refractivity contribution in [2.45, 2.75) is 62.4 Å². The molecule has 0 aromatic rings. The number of nitrogens with zero attached hydrogens (tertiary/aromatic N) is 6. The molecule has 20 heavy (non-hydrogen) atoms. The summed E-state index contributed by atoms with van der Waals surface area (Å²) in [5, 5.41) is 7.49. The molecule has 0 spiro atoms. The average Bonchev–Trinajstić information content (AvgIpc) is 2.93. The van der Waals surface area contributed by atoms with Crippen LogP contribution in [0.5, 0.6) is 0 Å². The minimum atomic E-state index is -0.768. The Morgan fingerprint density at radius 1 is 1.20 bits per heavy atom. The number of fused-ring (bicyclic) bond motifs is 4. The van der Waals surface area contributed by atoms with Gasteiger partial charge in [0.1, 0.15) is 17.8 Å². The Bertz CT molecular complexity index is 512. The second-order valence-corrected chi connectivity index (χ2v) is 5.86. The van der Waals surface area contributed by atoms with Gasteiger partial charge in [-0.3, -0.25) is 0 Å². The average molecular weight is 280 g/mol. The third kappa shape index (κ3) is 1.91. The fraction of sp³-hybridized carbons (Fsp3) is 1.00. The SMILES string of the molecule is CC1(C)OC2[C@@H](N=[N+]=[N-])C3CC[C@](CN=[N+]=[N-])(O3)[C@@H]2O1. The molecule has 3 rings (SSSR count). The molecule has 108 valence electrons. The molecule has 2 unspecified atom stereocenters. The van der Waals surface area contributed by atoms with Crippen LogP contribution in [0.2, 0.25) is 0 Å². The van der Waals surface area contributed by atoms with Gasteiger partial charge >= 0.3 is 0 Å². The molecule has 3 aliphatic rings. The Hall–Kier alpha value is -1.50. The van der Waals surface area contributed by atoms with Crippen molar-refractivity contribution in [1.29, 1.82) is 0 Å². The Balaban J connectivity index is 1.97. The first-order chi connectivity index (χ1) is 9.51. The monoisotopic (exact) mass is 280 g/mol. The second-order valence-electron chi connectivity index (χ2n) is 5.86. The number of azide groups is 2. The molecule has 3 fully saturated rings. The minimum absolute atomic E-state index is 0.198. The van der Waals surface area contributed by atoms with Crippen LogP contribution >= 0.6 is 0 Å². The predicted octanol–water partition coefficient (Wildman–Crippen LogP) is 2.43. The predicted molar refractivity (Wildman–Crippen MR) is 67.6 cm³/mol. The van der Waals surface area contributed by atoms with Crippen LogP contribution in [0.25, 0.3) is 20.9 Å². The lowest BCUT2D eigenvalue weighted by Crippen LogP contribution is -2.59. The van der Waals surface area contributed by atoms with Crippen LogP contribution in [0, 0.1) is 0 Å². The summed E-state index contributed by atoms with van der Waals surface area (Å²) in [5.41, 5.74) is 16.6. The molecule has 0 aromatic heterocycles. The molecule has 9 heteroatoms. The molecule has 3 aliphatic heterocycles. The van der Waals surface area contributed by atoms with E-state index in [1.165, 1.54) is 0 Å². The molecule has 0 aliphatic carbocycles. The summed E-state index contributed by atoms with van der Waals surface area (Å²) in [7, 11) is 0. The van der Waals surface area contributed by atoms with E-state index in [0.29, 0.717) is 6.42 Å². The van der Waals surface area contributed by atoms with E-state index in [-0.39, 0.29) is 18.8 Å². The van der Waals surface area contributed by atoms with Gasteiger partial charge in [0.15, 0.2) is 5.79 Å². The van der Waals surface area contributed by atoms with Gasteiger partial charge < -0.3 is 14.2 Å². The Kier molecular flexibility index (Phi) is 3.04. The van der Waals surface area contributed by atoms with Crippen molar-refractivity contribution in [2.24, 2.45) is 10.2 Å². The normalized spacial score (nSPS) is 44.3. The summed E-state index contributed by atoms with van der Waals surface area (Å²) in [4.78, 5) is 5.71. The summed E-state index contributed by atoms with van der Waals surface area (Å²) in [6.07, 6.45) is 0.478.